The van der Waals surface area contributed by atoms with E-state index in [1.165, 1.54) is 0 Å². The lowest BCUT2D eigenvalue weighted by Gasteiger charge is -2.01. The van der Waals surface area contributed by atoms with Crippen molar-refractivity contribution in [1.82, 2.24) is 9.72 Å². The third kappa shape index (κ3) is 2.16. The fraction of sp³-hybridized carbons (Fsp3) is 0.200. The van der Waals surface area contributed by atoms with Crippen LogP contribution in [0.4, 0.5) is 0 Å². The molecular formula is C10H9BrN2O3. The second-order valence-corrected chi connectivity index (χ2v) is 4.33. The molecule has 2 rings (SSSR count). The van der Waals surface area contributed by atoms with Crippen molar-refractivity contribution in [3.05, 3.63) is 40.0 Å². The van der Waals surface area contributed by atoms with Crippen LogP contribution < -0.4 is 0 Å². The van der Waals surface area contributed by atoms with Gasteiger partial charge in [-0.25, -0.2) is 4.79 Å². The highest BCUT2D eigenvalue weighted by molar-refractivity contribution is 9.10. The topological polar surface area (TPSA) is 68.3 Å². The van der Waals surface area contributed by atoms with E-state index in [0.717, 1.165) is 10.2 Å². The number of hydrogen-bond donors (Lipinski definition) is 1. The molecule has 6 heteroatoms. The summed E-state index contributed by atoms with van der Waals surface area (Å²) in [6, 6.07) is 3.32. The van der Waals surface area contributed by atoms with Crippen molar-refractivity contribution in [2.24, 2.45) is 0 Å². The van der Waals surface area contributed by atoms with Crippen molar-refractivity contribution in [2.45, 2.75) is 13.5 Å². The van der Waals surface area contributed by atoms with Crippen molar-refractivity contribution in [3.8, 4) is 0 Å². The van der Waals surface area contributed by atoms with Crippen molar-refractivity contribution >= 4 is 21.9 Å². The minimum atomic E-state index is -0.970. The Kier molecular flexibility index (Phi) is 2.82. The Hall–Kier alpha value is -1.56. The second kappa shape index (κ2) is 4.13. The van der Waals surface area contributed by atoms with Gasteiger partial charge in [-0.2, -0.15) is 0 Å². The predicted molar refractivity (Wildman–Crippen MR) is 59.4 cm³/mol. The van der Waals surface area contributed by atoms with Crippen LogP contribution in [-0.2, 0) is 6.54 Å². The van der Waals surface area contributed by atoms with Crippen LogP contribution in [0, 0.1) is 6.92 Å². The van der Waals surface area contributed by atoms with E-state index in [1.54, 1.807) is 22.9 Å². The largest absolute Gasteiger partial charge is 0.477 e. The maximum Gasteiger partial charge on any atom is 0.352 e. The quantitative estimate of drug-likeness (QED) is 0.939. The van der Waals surface area contributed by atoms with Gasteiger partial charge < -0.3 is 14.2 Å². The maximum atomic E-state index is 10.9. The Morgan fingerprint density at radius 3 is 2.94 bits per heavy atom. The molecular weight excluding hydrogens is 276 g/mol. The predicted octanol–water partition coefficient (Wildman–Crippen LogP) is 2.29. The fourth-order valence-electron chi connectivity index (χ4n) is 1.44. The number of hydrogen-bond acceptors (Lipinski definition) is 3. The summed E-state index contributed by atoms with van der Waals surface area (Å²) in [6.45, 7) is 2.17. The zero-order valence-electron chi connectivity index (χ0n) is 8.48. The molecule has 2 aromatic heterocycles. The van der Waals surface area contributed by atoms with E-state index in [9.17, 15) is 4.79 Å². The van der Waals surface area contributed by atoms with Crippen LogP contribution >= 0.6 is 15.9 Å². The highest BCUT2D eigenvalue weighted by atomic mass is 79.9. The van der Waals surface area contributed by atoms with E-state index in [0.29, 0.717) is 12.3 Å². The van der Waals surface area contributed by atoms with Crippen LogP contribution in [0.1, 0.15) is 21.9 Å². The number of carbonyl (C=O) groups is 1. The summed E-state index contributed by atoms with van der Waals surface area (Å²) in [5, 5.41) is 12.7. The van der Waals surface area contributed by atoms with Crippen molar-refractivity contribution < 1.29 is 14.4 Å². The lowest BCUT2D eigenvalue weighted by molar-refractivity contribution is 0.0685. The molecule has 5 nitrogen and oxygen atoms in total. The smallest absolute Gasteiger partial charge is 0.352 e. The molecule has 0 amide bonds. The van der Waals surface area contributed by atoms with Gasteiger partial charge in [-0.05, 0) is 28.9 Å². The van der Waals surface area contributed by atoms with E-state index in [4.69, 9.17) is 9.63 Å². The standard InChI is InChI=1S/C10H9BrN2O3/c1-6-2-8(16-12-6)5-13-4-7(11)3-9(13)10(14)15/h2-4H,5H2,1H3,(H,14,15). The Labute approximate surface area is 99.8 Å². The van der Waals surface area contributed by atoms with Gasteiger partial charge in [0.05, 0.1) is 12.2 Å². The van der Waals surface area contributed by atoms with Crippen molar-refractivity contribution in [2.75, 3.05) is 0 Å². The molecule has 0 fully saturated rings. The van der Waals surface area contributed by atoms with Crippen LogP contribution in [0.25, 0.3) is 0 Å². The average Bonchev–Trinajstić information content (AvgIpc) is 2.74. The third-order valence-corrected chi connectivity index (χ3v) is 2.52. The lowest BCUT2D eigenvalue weighted by Crippen LogP contribution is -2.07. The van der Waals surface area contributed by atoms with E-state index >= 15 is 0 Å². The Morgan fingerprint density at radius 1 is 1.62 bits per heavy atom. The van der Waals surface area contributed by atoms with Gasteiger partial charge in [0.1, 0.15) is 5.69 Å². The highest BCUT2D eigenvalue weighted by Crippen LogP contribution is 2.17. The molecule has 0 saturated heterocycles. The molecule has 0 atom stereocenters. The first kappa shape index (κ1) is 10.9. The maximum absolute atomic E-state index is 10.9. The Morgan fingerprint density at radius 2 is 2.38 bits per heavy atom. The molecule has 0 aliphatic carbocycles. The van der Waals surface area contributed by atoms with E-state index in [1.807, 2.05) is 6.92 Å². The van der Waals surface area contributed by atoms with Crippen LogP contribution in [0.15, 0.2) is 27.3 Å². The minimum Gasteiger partial charge on any atom is -0.477 e. The summed E-state index contributed by atoms with van der Waals surface area (Å²) >= 11 is 3.24. The van der Waals surface area contributed by atoms with Gasteiger partial charge in [0.15, 0.2) is 5.76 Å². The normalized spacial score (nSPS) is 10.6. The van der Waals surface area contributed by atoms with Crippen molar-refractivity contribution in [3.63, 3.8) is 0 Å². The third-order valence-electron chi connectivity index (χ3n) is 2.09. The monoisotopic (exact) mass is 284 g/mol. The number of aromatic carboxylic acids is 1. The van der Waals surface area contributed by atoms with E-state index in [-0.39, 0.29) is 5.69 Å². The van der Waals surface area contributed by atoms with Gasteiger partial charge in [-0.1, -0.05) is 5.16 Å². The first-order valence-electron chi connectivity index (χ1n) is 4.57. The molecule has 0 aromatic carbocycles. The lowest BCUT2D eigenvalue weighted by atomic mass is 10.3. The van der Waals surface area contributed by atoms with Gasteiger partial charge in [0.25, 0.3) is 0 Å². The molecule has 0 unspecified atom stereocenters. The van der Waals surface area contributed by atoms with Crippen LogP contribution in [0.5, 0.6) is 0 Å². The summed E-state index contributed by atoms with van der Waals surface area (Å²) in [5.41, 5.74) is 0.985. The minimum absolute atomic E-state index is 0.209. The molecule has 0 bridgehead atoms. The molecule has 0 saturated carbocycles. The Balaban J connectivity index is 2.30. The van der Waals surface area contributed by atoms with Gasteiger partial charge >= 0.3 is 5.97 Å². The molecule has 1 N–H and O–H groups in total. The van der Waals surface area contributed by atoms with Gasteiger partial charge in [-0.3, -0.25) is 0 Å². The number of rotatable bonds is 3. The fourth-order valence-corrected chi connectivity index (χ4v) is 1.91. The highest BCUT2D eigenvalue weighted by Gasteiger charge is 2.13. The van der Waals surface area contributed by atoms with E-state index in [2.05, 4.69) is 21.1 Å². The molecule has 2 aromatic rings. The average molecular weight is 285 g/mol. The van der Waals surface area contributed by atoms with Crippen LogP contribution in [0.3, 0.4) is 0 Å². The molecule has 84 valence electrons. The number of nitrogens with zero attached hydrogens (tertiary/aromatic N) is 2. The molecule has 0 aliphatic rings. The van der Waals surface area contributed by atoms with Gasteiger partial charge in [-0.15, -0.1) is 0 Å². The molecule has 0 aliphatic heterocycles. The second-order valence-electron chi connectivity index (χ2n) is 3.41. The number of halogens is 1. The van der Waals surface area contributed by atoms with Crippen molar-refractivity contribution in [1.29, 1.82) is 0 Å². The van der Waals surface area contributed by atoms with Crippen LogP contribution in [0.2, 0.25) is 0 Å². The Bertz CT molecular complexity index is 530. The molecule has 2 heterocycles. The summed E-state index contributed by atoms with van der Waals surface area (Å²) < 4.78 is 7.35. The number of aromatic nitrogens is 2. The first-order valence-corrected chi connectivity index (χ1v) is 5.36. The summed E-state index contributed by atoms with van der Waals surface area (Å²) in [5.74, 6) is -0.343. The summed E-state index contributed by atoms with van der Waals surface area (Å²) in [6.07, 6.45) is 1.70. The number of carboxylic acid groups (broad SMARTS) is 1. The molecule has 0 spiro atoms. The zero-order valence-corrected chi connectivity index (χ0v) is 10.1. The summed E-state index contributed by atoms with van der Waals surface area (Å²) in [4.78, 5) is 10.9. The number of aryl methyl sites for hydroxylation is 1. The van der Waals surface area contributed by atoms with E-state index < -0.39 is 5.97 Å². The van der Waals surface area contributed by atoms with Gasteiger partial charge in [0.2, 0.25) is 0 Å². The SMILES string of the molecule is Cc1cc(Cn2cc(Br)cc2C(=O)O)on1. The van der Waals surface area contributed by atoms with Gasteiger partial charge in [0, 0.05) is 16.7 Å². The molecule has 16 heavy (non-hydrogen) atoms. The zero-order chi connectivity index (χ0) is 11.7. The summed E-state index contributed by atoms with van der Waals surface area (Å²) in [7, 11) is 0. The first-order chi connectivity index (χ1) is 7.56. The molecule has 0 radical (unpaired) electrons. The van der Waals surface area contributed by atoms with Crippen LogP contribution in [-0.4, -0.2) is 20.8 Å². The number of carboxylic acids is 1.